The van der Waals surface area contributed by atoms with Gasteiger partial charge in [-0.1, -0.05) is 47.6 Å². The predicted molar refractivity (Wildman–Crippen MR) is 92.7 cm³/mol. The Balaban J connectivity index is 1.87. The molecule has 6 heteroatoms. The van der Waals surface area contributed by atoms with E-state index in [2.05, 4.69) is 10.0 Å². The van der Waals surface area contributed by atoms with E-state index in [1.54, 1.807) is 24.1 Å². The van der Waals surface area contributed by atoms with E-state index < -0.39 is 6.04 Å². The van der Waals surface area contributed by atoms with E-state index in [4.69, 9.17) is 10.3 Å². The molecule has 2 aromatic carbocycles. The molecule has 1 fully saturated rings. The van der Waals surface area contributed by atoms with Crippen molar-refractivity contribution in [3.05, 3.63) is 76.7 Å². The topological polar surface area (TPSA) is 78.3 Å². The molecule has 1 aliphatic heterocycles. The van der Waals surface area contributed by atoms with Gasteiger partial charge in [0.25, 0.3) is 0 Å². The van der Waals surface area contributed by atoms with Crippen LogP contribution in [0.3, 0.4) is 0 Å². The molecule has 1 aliphatic rings. The number of carbonyl (C=O) groups is 1. The van der Waals surface area contributed by atoms with Crippen molar-refractivity contribution in [1.82, 2.24) is 0 Å². The van der Waals surface area contributed by atoms with Gasteiger partial charge in [0.2, 0.25) is 5.91 Å². The first-order valence-corrected chi connectivity index (χ1v) is 7.49. The summed E-state index contributed by atoms with van der Waals surface area (Å²) in [6.07, 6.45) is 3.81. The van der Waals surface area contributed by atoms with Crippen LogP contribution in [0.25, 0.3) is 16.5 Å². The Kier molecular flexibility index (Phi) is 4.50. The summed E-state index contributed by atoms with van der Waals surface area (Å²) in [5.74, 6) is 0.510. The fraction of sp³-hybridized carbons (Fsp3) is 0.167. The highest BCUT2D eigenvalue weighted by molar-refractivity contribution is 6.06. The summed E-state index contributed by atoms with van der Waals surface area (Å²) in [6.45, 7) is 0. The van der Waals surface area contributed by atoms with E-state index in [1.807, 2.05) is 54.6 Å². The Morgan fingerprint density at radius 1 is 1.17 bits per heavy atom. The second-order valence-corrected chi connectivity index (χ2v) is 5.32. The third-order valence-electron chi connectivity index (χ3n) is 3.92. The van der Waals surface area contributed by atoms with E-state index in [1.165, 1.54) is 0 Å². The number of hydrogen-bond donors (Lipinski definition) is 0. The van der Waals surface area contributed by atoms with Crippen molar-refractivity contribution in [1.29, 1.82) is 0 Å². The number of ether oxygens (including phenoxy) is 1. The second-order valence-electron chi connectivity index (χ2n) is 5.32. The Morgan fingerprint density at radius 2 is 1.88 bits per heavy atom. The maximum Gasteiger partial charge on any atom is 0.239 e. The Bertz CT molecular complexity index is 796. The summed E-state index contributed by atoms with van der Waals surface area (Å²) >= 11 is 0. The summed E-state index contributed by atoms with van der Waals surface area (Å²) in [5, 5.41) is 3.63. The third-order valence-corrected chi connectivity index (χ3v) is 3.92. The van der Waals surface area contributed by atoms with Crippen LogP contribution in [0, 0.1) is 0 Å². The van der Waals surface area contributed by atoms with Crippen molar-refractivity contribution < 1.29 is 9.53 Å². The van der Waals surface area contributed by atoms with Crippen LogP contribution >= 0.6 is 0 Å². The molecule has 1 amide bonds. The highest BCUT2D eigenvalue weighted by Crippen LogP contribution is 2.32. The van der Waals surface area contributed by atoms with Gasteiger partial charge in [0.05, 0.1) is 13.2 Å². The number of hydrogen-bond acceptors (Lipinski definition) is 3. The number of amides is 1. The molecule has 0 N–H and O–H groups in total. The van der Waals surface area contributed by atoms with Crippen LogP contribution in [0.1, 0.15) is 5.56 Å². The average Bonchev–Trinajstić information content (AvgIpc) is 2.64. The minimum atomic E-state index is -0.711. The largest absolute Gasteiger partial charge is 0.497 e. The standard InChI is InChI=1S/C18H16N4O2/c1-24-15-10-8-14(9-11-15)22-16(17(18(22)23)20-21-19)12-7-13-5-3-2-4-6-13/h2-12,16-17H,1H3/b12-7+. The van der Waals surface area contributed by atoms with Crippen LogP contribution in [-0.4, -0.2) is 25.1 Å². The number of nitrogens with zero attached hydrogens (tertiary/aromatic N) is 4. The van der Waals surface area contributed by atoms with Crippen LogP contribution < -0.4 is 9.64 Å². The van der Waals surface area contributed by atoms with Crippen molar-refractivity contribution >= 4 is 17.7 Å². The average molecular weight is 320 g/mol. The quantitative estimate of drug-likeness (QED) is 0.363. The lowest BCUT2D eigenvalue weighted by Gasteiger charge is -2.43. The van der Waals surface area contributed by atoms with Crippen molar-refractivity contribution in [3.63, 3.8) is 0 Å². The summed E-state index contributed by atoms with van der Waals surface area (Å²) in [5.41, 5.74) is 10.5. The van der Waals surface area contributed by atoms with Gasteiger partial charge in [0.15, 0.2) is 0 Å². The molecule has 0 bridgehead atoms. The van der Waals surface area contributed by atoms with Gasteiger partial charge in [-0.25, -0.2) is 0 Å². The zero-order valence-corrected chi connectivity index (χ0v) is 13.1. The summed E-state index contributed by atoms with van der Waals surface area (Å²) < 4.78 is 5.14. The number of methoxy groups -OCH3 is 1. The monoisotopic (exact) mass is 320 g/mol. The van der Waals surface area contributed by atoms with E-state index >= 15 is 0 Å². The van der Waals surface area contributed by atoms with Gasteiger partial charge in [-0.3, -0.25) is 4.79 Å². The highest BCUT2D eigenvalue weighted by atomic mass is 16.5. The summed E-state index contributed by atoms with van der Waals surface area (Å²) in [4.78, 5) is 16.7. The van der Waals surface area contributed by atoms with Crippen LogP contribution in [0.2, 0.25) is 0 Å². The number of anilines is 1. The molecule has 2 unspecified atom stereocenters. The van der Waals surface area contributed by atoms with E-state index in [0.29, 0.717) is 0 Å². The van der Waals surface area contributed by atoms with Crippen molar-refractivity contribution in [2.24, 2.45) is 5.11 Å². The minimum absolute atomic E-state index is 0.208. The van der Waals surface area contributed by atoms with E-state index in [0.717, 1.165) is 17.0 Å². The van der Waals surface area contributed by atoms with Crippen LogP contribution in [-0.2, 0) is 4.79 Å². The first kappa shape index (κ1) is 15.6. The van der Waals surface area contributed by atoms with Crippen LogP contribution in [0.4, 0.5) is 5.69 Å². The van der Waals surface area contributed by atoms with Crippen molar-refractivity contribution in [3.8, 4) is 5.75 Å². The van der Waals surface area contributed by atoms with Gasteiger partial charge in [-0.15, -0.1) is 0 Å². The van der Waals surface area contributed by atoms with Gasteiger partial charge >= 0.3 is 0 Å². The fourth-order valence-corrected chi connectivity index (χ4v) is 2.68. The van der Waals surface area contributed by atoms with Crippen LogP contribution in [0.15, 0.2) is 65.8 Å². The first-order valence-electron chi connectivity index (χ1n) is 7.49. The van der Waals surface area contributed by atoms with Crippen LogP contribution in [0.5, 0.6) is 5.75 Å². The molecule has 6 nitrogen and oxygen atoms in total. The second kappa shape index (κ2) is 6.89. The molecule has 120 valence electrons. The van der Waals surface area contributed by atoms with Gasteiger partial charge in [-0.2, -0.15) is 0 Å². The molecular formula is C18H16N4O2. The van der Waals surface area contributed by atoms with Gasteiger partial charge in [0.1, 0.15) is 11.8 Å². The first-order chi connectivity index (χ1) is 11.7. The summed E-state index contributed by atoms with van der Waals surface area (Å²) in [6, 6.07) is 16.0. The Morgan fingerprint density at radius 3 is 2.50 bits per heavy atom. The van der Waals surface area contributed by atoms with E-state index in [-0.39, 0.29) is 11.9 Å². The maximum absolute atomic E-state index is 12.3. The normalized spacial score (nSPS) is 19.7. The smallest absolute Gasteiger partial charge is 0.239 e. The SMILES string of the molecule is COc1ccc(N2C(=O)C(N=[N+]=[N-])C2/C=C/c2ccccc2)cc1. The number of rotatable bonds is 5. The molecule has 24 heavy (non-hydrogen) atoms. The molecule has 3 rings (SSSR count). The predicted octanol–water partition coefficient (Wildman–Crippen LogP) is 3.80. The van der Waals surface area contributed by atoms with E-state index in [9.17, 15) is 4.79 Å². The lowest BCUT2D eigenvalue weighted by molar-refractivity contribution is -0.125. The molecule has 0 aromatic heterocycles. The Hall–Kier alpha value is -3.24. The molecule has 2 atom stereocenters. The maximum atomic E-state index is 12.3. The number of azide groups is 1. The number of β-lactam (4-membered cyclic amide) rings is 1. The molecule has 0 radical (unpaired) electrons. The molecule has 2 aromatic rings. The van der Waals surface area contributed by atoms with Crippen molar-refractivity contribution in [2.45, 2.75) is 12.1 Å². The minimum Gasteiger partial charge on any atom is -0.497 e. The number of carbonyl (C=O) groups excluding carboxylic acids is 1. The molecule has 1 saturated heterocycles. The van der Waals surface area contributed by atoms with Gasteiger partial charge in [0, 0.05) is 10.6 Å². The third kappa shape index (κ3) is 2.95. The Labute approximate surface area is 139 Å². The zero-order chi connectivity index (χ0) is 16.9. The molecule has 0 saturated carbocycles. The summed E-state index contributed by atoms with van der Waals surface area (Å²) in [7, 11) is 1.59. The lowest BCUT2D eigenvalue weighted by Crippen LogP contribution is -2.63. The number of benzene rings is 2. The zero-order valence-electron chi connectivity index (χ0n) is 13.1. The lowest BCUT2D eigenvalue weighted by atomic mass is 9.93. The molecule has 0 spiro atoms. The molecule has 0 aliphatic carbocycles. The fourth-order valence-electron chi connectivity index (χ4n) is 2.68. The highest BCUT2D eigenvalue weighted by Gasteiger charge is 2.46. The van der Waals surface area contributed by atoms with Gasteiger partial charge in [-0.05, 0) is 35.4 Å². The van der Waals surface area contributed by atoms with Crippen molar-refractivity contribution in [2.75, 3.05) is 12.0 Å². The molecular weight excluding hydrogens is 304 g/mol. The molecule has 1 heterocycles. The van der Waals surface area contributed by atoms with Gasteiger partial charge < -0.3 is 9.64 Å².